The first-order chi connectivity index (χ1) is 16.0. The van der Waals surface area contributed by atoms with Crippen molar-refractivity contribution < 1.29 is 9.53 Å². The lowest BCUT2D eigenvalue weighted by molar-refractivity contribution is 0.102. The number of imidazole rings is 1. The highest BCUT2D eigenvalue weighted by Crippen LogP contribution is 2.20. The monoisotopic (exact) mass is 440 g/mol. The Morgan fingerprint density at radius 1 is 1.09 bits per heavy atom. The van der Waals surface area contributed by atoms with Gasteiger partial charge in [-0.05, 0) is 62.7 Å². The number of aryl methyl sites for hydroxylation is 1. The van der Waals surface area contributed by atoms with E-state index in [1.807, 2.05) is 46.6 Å². The largest absolute Gasteiger partial charge is 0.487 e. The van der Waals surface area contributed by atoms with E-state index in [2.05, 4.69) is 34.2 Å². The van der Waals surface area contributed by atoms with Gasteiger partial charge in [-0.2, -0.15) is 5.10 Å². The summed E-state index contributed by atoms with van der Waals surface area (Å²) in [5, 5.41) is 8.14. The van der Waals surface area contributed by atoms with Crippen LogP contribution in [0.5, 0.6) is 5.75 Å². The van der Waals surface area contributed by atoms with Crippen LogP contribution >= 0.6 is 0 Å². The van der Waals surface area contributed by atoms with Crippen LogP contribution < -0.4 is 10.1 Å². The standard InChI is InChI=1S/C25H24N6O2/c1-16(2)31-24-19(11-27-31)10-20(12-26-24)29-25(32)18-5-7-22(8-6-18)33-15-21-14-30-13-17(3)4-9-23(30)28-21/h4-14,16H,15H2,1-3H3,(H,29,32). The number of pyridine rings is 2. The summed E-state index contributed by atoms with van der Waals surface area (Å²) >= 11 is 0. The zero-order valence-electron chi connectivity index (χ0n) is 18.7. The third-order valence-corrected chi connectivity index (χ3v) is 5.33. The molecule has 4 heterocycles. The predicted octanol–water partition coefficient (Wildman–Crippen LogP) is 4.80. The third kappa shape index (κ3) is 4.27. The molecule has 0 aliphatic heterocycles. The molecule has 0 bridgehead atoms. The van der Waals surface area contributed by atoms with E-state index in [9.17, 15) is 4.79 Å². The first-order valence-electron chi connectivity index (χ1n) is 10.8. The number of nitrogens with zero attached hydrogens (tertiary/aromatic N) is 5. The molecule has 4 aromatic heterocycles. The highest BCUT2D eigenvalue weighted by Gasteiger charge is 2.11. The number of ether oxygens (including phenoxy) is 1. The summed E-state index contributed by atoms with van der Waals surface area (Å²) in [4.78, 5) is 21.7. The van der Waals surface area contributed by atoms with Gasteiger partial charge in [-0.25, -0.2) is 14.6 Å². The summed E-state index contributed by atoms with van der Waals surface area (Å²) in [6, 6.07) is 13.1. The maximum Gasteiger partial charge on any atom is 0.255 e. The molecule has 0 aliphatic rings. The summed E-state index contributed by atoms with van der Waals surface area (Å²) in [5.74, 6) is 0.457. The van der Waals surface area contributed by atoms with Crippen molar-refractivity contribution in [3.63, 3.8) is 0 Å². The Hall–Kier alpha value is -4.20. The van der Waals surface area contributed by atoms with Crippen LogP contribution in [0.15, 0.2) is 67.3 Å². The van der Waals surface area contributed by atoms with Crippen molar-refractivity contribution in [1.82, 2.24) is 24.1 Å². The number of carbonyl (C=O) groups excluding carboxylic acids is 1. The van der Waals surface area contributed by atoms with E-state index in [1.54, 1.807) is 36.7 Å². The molecule has 0 aliphatic carbocycles. The molecule has 0 unspecified atom stereocenters. The average Bonchev–Trinajstić information content (AvgIpc) is 3.41. The van der Waals surface area contributed by atoms with E-state index in [4.69, 9.17) is 4.74 Å². The highest BCUT2D eigenvalue weighted by molar-refractivity contribution is 6.04. The van der Waals surface area contributed by atoms with Crippen LogP contribution in [-0.2, 0) is 6.61 Å². The lowest BCUT2D eigenvalue weighted by atomic mass is 10.2. The number of amides is 1. The zero-order valence-corrected chi connectivity index (χ0v) is 18.7. The topological polar surface area (TPSA) is 86.3 Å². The van der Waals surface area contributed by atoms with Crippen LogP contribution in [0.4, 0.5) is 5.69 Å². The van der Waals surface area contributed by atoms with Gasteiger partial charge in [0.1, 0.15) is 18.0 Å². The molecule has 1 aromatic carbocycles. The van der Waals surface area contributed by atoms with E-state index < -0.39 is 0 Å². The van der Waals surface area contributed by atoms with Crippen LogP contribution in [0, 0.1) is 6.92 Å². The quantitative estimate of drug-likeness (QED) is 0.410. The molecule has 1 N–H and O–H groups in total. The minimum absolute atomic E-state index is 0.213. The number of hydrogen-bond acceptors (Lipinski definition) is 5. The fraction of sp³-hybridized carbons (Fsp3) is 0.200. The third-order valence-electron chi connectivity index (χ3n) is 5.33. The van der Waals surface area contributed by atoms with Gasteiger partial charge in [0.2, 0.25) is 0 Å². The second-order valence-corrected chi connectivity index (χ2v) is 8.29. The molecule has 8 heteroatoms. The molecule has 0 radical (unpaired) electrons. The van der Waals surface area contributed by atoms with Crippen LogP contribution in [0.2, 0.25) is 0 Å². The number of benzene rings is 1. The maximum atomic E-state index is 12.7. The van der Waals surface area contributed by atoms with Gasteiger partial charge in [-0.15, -0.1) is 0 Å². The van der Waals surface area contributed by atoms with E-state index >= 15 is 0 Å². The number of carbonyl (C=O) groups is 1. The van der Waals surface area contributed by atoms with E-state index in [1.165, 1.54) is 5.56 Å². The molecule has 0 atom stereocenters. The molecule has 33 heavy (non-hydrogen) atoms. The van der Waals surface area contributed by atoms with Crippen molar-refractivity contribution in [3.05, 3.63) is 84.1 Å². The molecule has 0 spiro atoms. The van der Waals surface area contributed by atoms with Crippen LogP contribution in [0.3, 0.4) is 0 Å². The molecule has 1 amide bonds. The van der Waals surface area contributed by atoms with Gasteiger partial charge in [0.25, 0.3) is 5.91 Å². The van der Waals surface area contributed by atoms with Gasteiger partial charge in [0.15, 0.2) is 5.65 Å². The van der Waals surface area contributed by atoms with E-state index in [0.29, 0.717) is 23.6 Å². The molecule has 0 fully saturated rings. The highest BCUT2D eigenvalue weighted by atomic mass is 16.5. The number of rotatable bonds is 6. The summed E-state index contributed by atoms with van der Waals surface area (Å²) in [6.07, 6.45) is 7.39. The smallest absolute Gasteiger partial charge is 0.255 e. The fourth-order valence-corrected chi connectivity index (χ4v) is 3.67. The number of nitrogens with one attached hydrogen (secondary N) is 1. The molecule has 166 valence electrons. The minimum atomic E-state index is -0.213. The molecule has 5 rings (SSSR count). The molecular weight excluding hydrogens is 416 g/mol. The number of aromatic nitrogens is 5. The summed E-state index contributed by atoms with van der Waals surface area (Å²) in [5.41, 5.74) is 4.84. The first-order valence-corrected chi connectivity index (χ1v) is 10.8. The Morgan fingerprint density at radius 2 is 1.91 bits per heavy atom. The Bertz CT molecular complexity index is 1450. The predicted molar refractivity (Wildman–Crippen MR) is 127 cm³/mol. The molecule has 0 saturated carbocycles. The first kappa shape index (κ1) is 20.7. The van der Waals surface area contributed by atoms with Crippen molar-refractivity contribution in [2.24, 2.45) is 0 Å². The van der Waals surface area contributed by atoms with Crippen molar-refractivity contribution in [2.45, 2.75) is 33.4 Å². The second kappa shape index (κ2) is 8.38. The minimum Gasteiger partial charge on any atom is -0.487 e. The Labute approximate surface area is 190 Å². The second-order valence-electron chi connectivity index (χ2n) is 8.29. The van der Waals surface area contributed by atoms with Gasteiger partial charge >= 0.3 is 0 Å². The normalized spacial score (nSPS) is 11.4. The van der Waals surface area contributed by atoms with Crippen molar-refractivity contribution >= 4 is 28.3 Å². The summed E-state index contributed by atoms with van der Waals surface area (Å²) in [6.45, 7) is 6.50. The van der Waals surface area contributed by atoms with Crippen LogP contribution in [0.25, 0.3) is 16.7 Å². The summed E-state index contributed by atoms with van der Waals surface area (Å²) < 4.78 is 9.69. The van der Waals surface area contributed by atoms with Crippen molar-refractivity contribution in [2.75, 3.05) is 5.32 Å². The molecular formula is C25H24N6O2. The number of fused-ring (bicyclic) bond motifs is 2. The Kier molecular flexibility index (Phi) is 5.26. The summed E-state index contributed by atoms with van der Waals surface area (Å²) in [7, 11) is 0. The van der Waals surface area contributed by atoms with Gasteiger partial charge in [-0.3, -0.25) is 4.79 Å². The van der Waals surface area contributed by atoms with Crippen LogP contribution in [-0.4, -0.2) is 30.1 Å². The van der Waals surface area contributed by atoms with Gasteiger partial charge in [0, 0.05) is 29.4 Å². The van der Waals surface area contributed by atoms with Gasteiger partial charge in [-0.1, -0.05) is 6.07 Å². The van der Waals surface area contributed by atoms with Crippen molar-refractivity contribution in [1.29, 1.82) is 0 Å². The number of hydrogen-bond donors (Lipinski definition) is 1. The van der Waals surface area contributed by atoms with E-state index in [0.717, 1.165) is 22.4 Å². The lowest BCUT2D eigenvalue weighted by Crippen LogP contribution is -2.12. The maximum absolute atomic E-state index is 12.7. The zero-order chi connectivity index (χ0) is 22.9. The molecule has 8 nitrogen and oxygen atoms in total. The van der Waals surface area contributed by atoms with Gasteiger partial charge in [0.05, 0.1) is 23.8 Å². The molecule has 5 aromatic rings. The van der Waals surface area contributed by atoms with Gasteiger partial charge < -0.3 is 14.5 Å². The average molecular weight is 441 g/mol. The Balaban J connectivity index is 1.23. The Morgan fingerprint density at radius 3 is 2.70 bits per heavy atom. The molecule has 0 saturated heterocycles. The SMILES string of the molecule is Cc1ccc2nc(COc3ccc(C(=O)Nc4cnc5c(cnn5C(C)C)c4)cc3)cn2c1. The lowest BCUT2D eigenvalue weighted by Gasteiger charge is -2.08. The van der Waals surface area contributed by atoms with E-state index in [-0.39, 0.29) is 11.9 Å². The fourth-order valence-electron chi connectivity index (χ4n) is 3.67. The number of anilines is 1. The van der Waals surface area contributed by atoms with Crippen molar-refractivity contribution in [3.8, 4) is 5.75 Å². The van der Waals surface area contributed by atoms with Crippen LogP contribution in [0.1, 0.15) is 41.5 Å².